The van der Waals surface area contributed by atoms with Crippen molar-refractivity contribution < 1.29 is 4.39 Å². The number of rotatable bonds is 4. The molecule has 1 aliphatic carbocycles. The van der Waals surface area contributed by atoms with Gasteiger partial charge in [0.25, 0.3) is 0 Å². The molecule has 0 unspecified atom stereocenters. The Morgan fingerprint density at radius 3 is 2.28 bits per heavy atom. The largest absolute Gasteiger partial charge is 0.312 e. The minimum Gasteiger partial charge on any atom is -0.312 e. The molecule has 0 atom stereocenters. The number of hydrogen-bond acceptors (Lipinski definition) is 1. The summed E-state index contributed by atoms with van der Waals surface area (Å²) in [4.78, 5) is 0. The summed E-state index contributed by atoms with van der Waals surface area (Å²) in [6.45, 7) is 12.8. The summed E-state index contributed by atoms with van der Waals surface area (Å²) in [5.41, 5.74) is 2.56. The van der Waals surface area contributed by atoms with Gasteiger partial charge in [-0.2, -0.15) is 0 Å². The number of aryl methyl sites for hydroxylation is 1. The second-order valence-electron chi connectivity index (χ2n) is 6.71. The van der Waals surface area contributed by atoms with Crippen molar-refractivity contribution in [1.82, 2.24) is 5.32 Å². The quantitative estimate of drug-likeness (QED) is 0.853. The van der Waals surface area contributed by atoms with E-state index in [4.69, 9.17) is 0 Å². The first-order chi connectivity index (χ1) is 8.26. The molecule has 18 heavy (non-hydrogen) atoms. The van der Waals surface area contributed by atoms with Gasteiger partial charge in [-0.15, -0.1) is 0 Å². The standard InChI is InChI=1S/C16H24FN/c1-11-6-7-12(8-13(11)17)9-18-10-14-15(2,3)16(14,4)5/h6-8,14,18H,9-10H2,1-5H3. The van der Waals surface area contributed by atoms with Crippen LogP contribution in [0.4, 0.5) is 4.39 Å². The average molecular weight is 249 g/mol. The van der Waals surface area contributed by atoms with Crippen LogP contribution in [-0.2, 0) is 6.54 Å². The van der Waals surface area contributed by atoms with Crippen LogP contribution in [0.15, 0.2) is 18.2 Å². The second kappa shape index (κ2) is 4.34. The molecule has 0 bridgehead atoms. The van der Waals surface area contributed by atoms with Crippen molar-refractivity contribution in [1.29, 1.82) is 0 Å². The normalized spacial score (nSPS) is 21.0. The molecule has 0 aliphatic heterocycles. The van der Waals surface area contributed by atoms with E-state index in [1.54, 1.807) is 13.0 Å². The lowest BCUT2D eigenvalue weighted by molar-refractivity contribution is 0.457. The Morgan fingerprint density at radius 1 is 1.17 bits per heavy atom. The Morgan fingerprint density at radius 2 is 1.78 bits per heavy atom. The van der Waals surface area contributed by atoms with Crippen molar-refractivity contribution in [2.24, 2.45) is 16.7 Å². The molecule has 1 nitrogen and oxygen atoms in total. The van der Waals surface area contributed by atoms with Gasteiger partial charge in [0.1, 0.15) is 5.82 Å². The zero-order chi connectivity index (χ0) is 13.6. The van der Waals surface area contributed by atoms with Crippen molar-refractivity contribution >= 4 is 0 Å². The fraction of sp³-hybridized carbons (Fsp3) is 0.625. The Bertz CT molecular complexity index is 434. The summed E-state index contributed by atoms with van der Waals surface area (Å²) in [6, 6.07) is 5.47. The fourth-order valence-electron chi connectivity index (χ4n) is 2.95. The van der Waals surface area contributed by atoms with Gasteiger partial charge in [-0.05, 0) is 47.4 Å². The third-order valence-electron chi connectivity index (χ3n) is 5.23. The molecular weight excluding hydrogens is 225 g/mol. The van der Waals surface area contributed by atoms with Crippen LogP contribution >= 0.6 is 0 Å². The molecule has 0 aromatic heterocycles. The number of nitrogens with one attached hydrogen (secondary N) is 1. The van der Waals surface area contributed by atoms with Crippen LogP contribution in [0.25, 0.3) is 0 Å². The van der Waals surface area contributed by atoms with Crippen molar-refractivity contribution in [2.45, 2.75) is 41.2 Å². The summed E-state index contributed by atoms with van der Waals surface area (Å²) in [5, 5.41) is 3.45. The minimum absolute atomic E-state index is 0.110. The lowest BCUT2D eigenvalue weighted by atomic mass is 10.0. The van der Waals surface area contributed by atoms with Crippen molar-refractivity contribution in [2.75, 3.05) is 6.54 Å². The van der Waals surface area contributed by atoms with E-state index in [1.165, 1.54) is 0 Å². The molecular formula is C16H24FN. The predicted octanol–water partition coefficient (Wildman–Crippen LogP) is 3.91. The first-order valence-electron chi connectivity index (χ1n) is 6.72. The summed E-state index contributed by atoms with van der Waals surface area (Å²) in [7, 11) is 0. The van der Waals surface area contributed by atoms with Gasteiger partial charge in [-0.1, -0.05) is 39.8 Å². The molecule has 2 heteroatoms. The molecule has 0 radical (unpaired) electrons. The van der Waals surface area contributed by atoms with E-state index in [1.807, 2.05) is 12.1 Å². The van der Waals surface area contributed by atoms with Crippen molar-refractivity contribution in [3.8, 4) is 0 Å². The third kappa shape index (κ3) is 2.18. The molecule has 1 saturated carbocycles. The molecule has 1 aromatic rings. The Balaban J connectivity index is 1.85. The van der Waals surface area contributed by atoms with E-state index in [0.29, 0.717) is 22.3 Å². The highest BCUT2D eigenvalue weighted by atomic mass is 19.1. The Labute approximate surface area is 110 Å². The molecule has 1 N–H and O–H groups in total. The zero-order valence-electron chi connectivity index (χ0n) is 12.1. The SMILES string of the molecule is Cc1ccc(CNCC2C(C)(C)C2(C)C)cc1F. The number of hydrogen-bond donors (Lipinski definition) is 1. The highest BCUT2D eigenvalue weighted by Crippen LogP contribution is 2.67. The highest BCUT2D eigenvalue weighted by molar-refractivity contribution is 5.23. The summed E-state index contributed by atoms with van der Waals surface area (Å²) in [5.74, 6) is 0.599. The Kier molecular flexibility index (Phi) is 3.26. The first-order valence-corrected chi connectivity index (χ1v) is 6.72. The topological polar surface area (TPSA) is 12.0 Å². The fourth-order valence-corrected chi connectivity index (χ4v) is 2.95. The van der Waals surface area contributed by atoms with E-state index < -0.39 is 0 Å². The summed E-state index contributed by atoms with van der Waals surface area (Å²) in [6.07, 6.45) is 0. The lowest BCUT2D eigenvalue weighted by Crippen LogP contribution is -2.19. The van der Waals surface area contributed by atoms with E-state index in [0.717, 1.165) is 18.7 Å². The molecule has 100 valence electrons. The molecule has 1 aliphatic rings. The Hall–Kier alpha value is -0.890. The summed E-state index contributed by atoms with van der Waals surface area (Å²) < 4.78 is 13.4. The number of halogens is 1. The van der Waals surface area contributed by atoms with Gasteiger partial charge in [0.15, 0.2) is 0 Å². The third-order valence-corrected chi connectivity index (χ3v) is 5.23. The molecule has 0 heterocycles. The van der Waals surface area contributed by atoms with Gasteiger partial charge in [0.05, 0.1) is 0 Å². The maximum absolute atomic E-state index is 13.4. The van der Waals surface area contributed by atoms with E-state index in [2.05, 4.69) is 33.0 Å². The van der Waals surface area contributed by atoms with Gasteiger partial charge < -0.3 is 5.32 Å². The van der Waals surface area contributed by atoms with Crippen LogP contribution in [0.1, 0.15) is 38.8 Å². The summed E-state index contributed by atoms with van der Waals surface area (Å²) >= 11 is 0. The van der Waals surface area contributed by atoms with Crippen molar-refractivity contribution in [3.63, 3.8) is 0 Å². The van der Waals surface area contributed by atoms with Gasteiger partial charge in [0.2, 0.25) is 0 Å². The molecule has 1 fully saturated rings. The molecule has 1 aromatic carbocycles. The van der Waals surface area contributed by atoms with Gasteiger partial charge in [0, 0.05) is 6.54 Å². The van der Waals surface area contributed by atoms with Gasteiger partial charge in [-0.25, -0.2) is 4.39 Å². The minimum atomic E-state index is -0.110. The van der Waals surface area contributed by atoms with E-state index in [9.17, 15) is 4.39 Å². The van der Waals surface area contributed by atoms with Crippen LogP contribution in [0.5, 0.6) is 0 Å². The van der Waals surface area contributed by atoms with Crippen LogP contribution in [0.2, 0.25) is 0 Å². The van der Waals surface area contributed by atoms with Crippen LogP contribution in [0, 0.1) is 29.5 Å². The monoisotopic (exact) mass is 249 g/mol. The van der Waals surface area contributed by atoms with E-state index in [-0.39, 0.29) is 5.82 Å². The van der Waals surface area contributed by atoms with E-state index >= 15 is 0 Å². The van der Waals surface area contributed by atoms with Crippen molar-refractivity contribution in [3.05, 3.63) is 35.1 Å². The van der Waals surface area contributed by atoms with Crippen LogP contribution < -0.4 is 5.32 Å². The van der Waals surface area contributed by atoms with Crippen LogP contribution in [0.3, 0.4) is 0 Å². The second-order valence-corrected chi connectivity index (χ2v) is 6.71. The smallest absolute Gasteiger partial charge is 0.126 e. The van der Waals surface area contributed by atoms with Crippen LogP contribution in [-0.4, -0.2) is 6.54 Å². The first kappa shape index (κ1) is 13.5. The zero-order valence-corrected chi connectivity index (χ0v) is 12.1. The maximum atomic E-state index is 13.4. The lowest BCUT2D eigenvalue weighted by Gasteiger charge is -2.07. The molecule has 2 rings (SSSR count). The predicted molar refractivity (Wildman–Crippen MR) is 73.9 cm³/mol. The van der Waals surface area contributed by atoms with Gasteiger partial charge in [-0.3, -0.25) is 0 Å². The molecule has 0 amide bonds. The van der Waals surface area contributed by atoms with Gasteiger partial charge >= 0.3 is 0 Å². The maximum Gasteiger partial charge on any atom is 0.126 e. The molecule has 0 saturated heterocycles. The average Bonchev–Trinajstić information content (AvgIpc) is 2.65. The number of benzene rings is 1. The molecule has 0 spiro atoms. The highest BCUT2D eigenvalue weighted by Gasteiger charge is 2.63.